The molecule has 0 saturated heterocycles. The van der Waals surface area contributed by atoms with Crippen LogP contribution in [-0.2, 0) is 38.8 Å². The molecular formula is C8H21AlCl2MgO5V. The molecule has 0 amide bonds. The van der Waals surface area contributed by atoms with Gasteiger partial charge in [-0.3, -0.25) is 0 Å². The average Bonchev–Trinajstić information content (AvgIpc) is 2.10. The van der Waals surface area contributed by atoms with Crippen molar-refractivity contribution in [2.45, 2.75) is 43.5 Å². The number of rotatable bonds is 3. The summed E-state index contributed by atoms with van der Waals surface area (Å²) in [6.45, 7) is 8.90. The minimum Gasteiger partial charge on any atom is -2.00 e. The Bertz CT molecular complexity index is 73.9. The van der Waals surface area contributed by atoms with E-state index >= 15 is 0 Å². The van der Waals surface area contributed by atoms with Gasteiger partial charge in [-0.2, -0.15) is 3.84 Å². The molecule has 0 heterocycles. The zero-order chi connectivity index (χ0) is 11.1. The van der Waals surface area contributed by atoms with Crippen molar-refractivity contribution < 1.29 is 43.9 Å². The van der Waals surface area contributed by atoms with Gasteiger partial charge in [-0.15, -0.1) is 0 Å². The van der Waals surface area contributed by atoms with Crippen molar-refractivity contribution in [1.29, 1.82) is 0 Å². The van der Waals surface area contributed by atoms with Crippen LogP contribution in [0.25, 0.3) is 0 Å². The summed E-state index contributed by atoms with van der Waals surface area (Å²) in [5, 5.41) is 12.0. The van der Waals surface area contributed by atoms with Gasteiger partial charge < -0.3 is 21.5 Å². The molecule has 0 unspecified atom stereocenters. The normalized spacial score (nSPS) is 5.50. The number of hydrogen-bond acceptors (Lipinski definition) is 2. The largest absolute Gasteiger partial charge is 4.00 e. The van der Waals surface area contributed by atoms with E-state index in [-0.39, 0.29) is 78.8 Å². The second-order valence-corrected chi connectivity index (χ2v) is 7.11. The van der Waals surface area contributed by atoms with Crippen molar-refractivity contribution in [3.63, 3.8) is 0 Å². The van der Waals surface area contributed by atoms with Gasteiger partial charge in [0.25, 0.3) is 14.1 Å². The van der Waals surface area contributed by atoms with Crippen molar-refractivity contribution in [2.75, 3.05) is 6.61 Å². The zero-order valence-electron chi connectivity index (χ0n) is 11.4. The van der Waals surface area contributed by atoms with Gasteiger partial charge in [0.1, 0.15) is 0 Å². The predicted octanol–water partition coefficient (Wildman–Crippen LogP) is 3.11. The minimum atomic E-state index is -0.171. The Morgan fingerprint density at radius 2 is 1.00 bits per heavy atom. The van der Waals surface area contributed by atoms with Crippen LogP contribution in [0, 0.1) is 0 Å². The maximum Gasteiger partial charge on any atom is 4.00 e. The molecule has 0 aliphatic heterocycles. The van der Waals surface area contributed by atoms with Gasteiger partial charge in [0.2, 0.25) is 0 Å². The summed E-state index contributed by atoms with van der Waals surface area (Å²) in [4.78, 5) is 0. The third-order valence-corrected chi connectivity index (χ3v) is 5.20. The van der Waals surface area contributed by atoms with E-state index in [0.717, 1.165) is 0 Å². The minimum absolute atomic E-state index is 0. The van der Waals surface area contributed by atoms with Gasteiger partial charge in [-0.25, -0.2) is 0 Å². The number of halogens is 2. The molecule has 18 heavy (non-hydrogen) atoms. The van der Waals surface area contributed by atoms with Crippen LogP contribution in [0.1, 0.15) is 27.7 Å². The van der Waals surface area contributed by atoms with Crippen molar-refractivity contribution in [3.8, 4) is 0 Å². The fraction of sp³-hybridized carbons (Fsp3) is 1.00. The van der Waals surface area contributed by atoms with E-state index in [9.17, 15) is 0 Å². The molecule has 0 aromatic heterocycles. The maximum atomic E-state index is 7.57. The average molecular weight is 370 g/mol. The molecule has 0 fully saturated rings. The summed E-state index contributed by atoms with van der Waals surface area (Å²) in [5.41, 5.74) is 0. The molecule has 0 rings (SSSR count). The molecule has 0 aromatic rings. The summed E-state index contributed by atoms with van der Waals surface area (Å²) >= 11 is 8.36. The monoisotopic (exact) mass is 369 g/mol. The third kappa shape index (κ3) is 79.7. The van der Waals surface area contributed by atoms with Gasteiger partial charge in [0.05, 0.1) is 23.7 Å². The van der Waals surface area contributed by atoms with Gasteiger partial charge >= 0.3 is 41.6 Å². The summed E-state index contributed by atoms with van der Waals surface area (Å²) < 4.78 is 3.19. The summed E-state index contributed by atoms with van der Waals surface area (Å²) in [7, 11) is 0. The van der Waals surface area contributed by atoms with Gasteiger partial charge in [-0.1, -0.05) is 36.6 Å². The van der Waals surface area contributed by atoms with E-state index < -0.39 is 0 Å². The first-order valence-corrected chi connectivity index (χ1v) is 7.74. The van der Waals surface area contributed by atoms with Crippen molar-refractivity contribution in [3.05, 3.63) is 0 Å². The van der Waals surface area contributed by atoms with E-state index in [2.05, 4.69) is 48.3 Å². The van der Waals surface area contributed by atoms with Gasteiger partial charge in [0.15, 0.2) is 0 Å². The molecule has 0 bridgehead atoms. The molecule has 0 atom stereocenters. The quantitative estimate of drug-likeness (QED) is 0.769. The standard InChI is InChI=1S/C2H6O.3C2H5.Al.Cl2O.Mg.3O.V/c1-2-3;3*1-2;;1-3-2;;;;;/h3H,2H2,1H3;3*1H2,2H3;;;;;;;/q;;;;;;+2;3*-2;+4. The molecule has 10 heteroatoms. The molecule has 0 spiro atoms. The Balaban J connectivity index is -0.0000000135. The van der Waals surface area contributed by atoms with E-state index in [1.54, 1.807) is 6.92 Å². The molecule has 0 aliphatic rings. The summed E-state index contributed by atoms with van der Waals surface area (Å²) in [6.07, 6.45) is 0. The molecule has 5 nitrogen and oxygen atoms in total. The van der Waals surface area contributed by atoms with E-state index in [0.29, 0.717) is 0 Å². The number of aliphatic hydroxyl groups excluding tert-OH is 1. The molecule has 0 saturated carbocycles. The number of aliphatic hydroxyl groups is 1. The van der Waals surface area contributed by atoms with Crippen LogP contribution in [0.15, 0.2) is 0 Å². The Morgan fingerprint density at radius 3 is 1.00 bits per heavy atom. The first-order chi connectivity index (χ1) is 6.17. The first-order valence-electron chi connectivity index (χ1n) is 4.68. The number of hydrogen-bond donors (Lipinski definition) is 1. The smallest absolute Gasteiger partial charge is 2.00 e. The molecule has 107 valence electrons. The zero-order valence-corrected chi connectivity index (χ0v) is 16.9. The van der Waals surface area contributed by atoms with Gasteiger partial charge in [0, 0.05) is 6.61 Å². The summed E-state index contributed by atoms with van der Waals surface area (Å²) in [6, 6.07) is 0. The molecule has 0 aromatic carbocycles. The van der Waals surface area contributed by atoms with Crippen LogP contribution in [0.4, 0.5) is 0 Å². The topological polar surface area (TPSA) is 115 Å². The van der Waals surface area contributed by atoms with Crippen LogP contribution in [0.2, 0.25) is 15.8 Å². The van der Waals surface area contributed by atoms with Gasteiger partial charge in [-0.05, 0) is 6.92 Å². The Hall–Kier alpha value is 2.26. The van der Waals surface area contributed by atoms with Crippen molar-refractivity contribution in [1.82, 2.24) is 0 Å². The van der Waals surface area contributed by atoms with Crippen LogP contribution in [0.3, 0.4) is 0 Å². The van der Waals surface area contributed by atoms with Crippen molar-refractivity contribution in [2.24, 2.45) is 0 Å². The van der Waals surface area contributed by atoms with E-state index in [1.807, 2.05) is 0 Å². The SMILES string of the molecule is CCO.C[CH2][Al]([CH2]C)[CH2]C.ClOCl.[Mg+2].[O-2].[O-2].[O-2].[V+4]. The van der Waals surface area contributed by atoms with Crippen molar-refractivity contribution >= 4 is 60.9 Å². The first kappa shape index (κ1) is 50.0. The second-order valence-electron chi connectivity index (χ2n) is 2.47. The van der Waals surface area contributed by atoms with E-state index in [1.165, 1.54) is 15.8 Å². The maximum absolute atomic E-state index is 7.57. The van der Waals surface area contributed by atoms with Crippen LogP contribution in [0.5, 0.6) is 0 Å². The fourth-order valence-corrected chi connectivity index (χ4v) is 2.60. The molecule has 0 aliphatic carbocycles. The molecular weight excluding hydrogens is 349 g/mol. The Labute approximate surface area is 154 Å². The third-order valence-electron chi connectivity index (χ3n) is 1.73. The van der Waals surface area contributed by atoms with Crippen LogP contribution >= 0.6 is 23.7 Å². The molecule has 1 radical (unpaired) electrons. The van der Waals surface area contributed by atoms with E-state index in [4.69, 9.17) is 5.11 Å². The Kier molecular flexibility index (Phi) is 169. The fourth-order valence-electron chi connectivity index (χ4n) is 0.866. The predicted molar refractivity (Wildman–Crippen MR) is 70.6 cm³/mol. The Morgan fingerprint density at radius 1 is 0.889 bits per heavy atom. The summed E-state index contributed by atoms with van der Waals surface area (Å²) in [5.74, 6) is 0. The van der Waals surface area contributed by atoms with Crippen LogP contribution in [-0.4, -0.2) is 48.9 Å². The van der Waals surface area contributed by atoms with Crippen LogP contribution < -0.4 is 0 Å². The molecule has 1 N–H and O–H groups in total. The second kappa shape index (κ2) is 61.0.